The van der Waals surface area contributed by atoms with E-state index >= 15 is 0 Å². The van der Waals surface area contributed by atoms with Gasteiger partial charge in [-0.2, -0.15) is 5.26 Å². The lowest BCUT2D eigenvalue weighted by Crippen LogP contribution is -2.14. The van der Waals surface area contributed by atoms with Gasteiger partial charge in [0.1, 0.15) is 24.0 Å². The fourth-order valence-electron chi connectivity index (χ4n) is 3.00. The predicted octanol–water partition coefficient (Wildman–Crippen LogP) is 7.24. The zero-order chi connectivity index (χ0) is 23.3. The van der Waals surface area contributed by atoms with E-state index in [4.69, 9.17) is 4.74 Å². The maximum Gasteiger partial charge on any atom is 0.266 e. The van der Waals surface area contributed by atoms with Crippen molar-refractivity contribution in [3.63, 3.8) is 0 Å². The van der Waals surface area contributed by atoms with Gasteiger partial charge in [-0.15, -0.1) is 0 Å². The summed E-state index contributed by atoms with van der Waals surface area (Å²) in [5, 5.41) is 12.4. The number of hydrogen-bond donors (Lipinski definition) is 1. The van der Waals surface area contributed by atoms with Crippen LogP contribution >= 0.6 is 67.8 Å². The molecule has 7 heteroatoms. The number of ether oxygens (including phenoxy) is 1. The maximum atomic E-state index is 12.7. The van der Waals surface area contributed by atoms with Gasteiger partial charge in [0.05, 0.1) is 7.14 Å². The summed E-state index contributed by atoms with van der Waals surface area (Å²) in [6, 6.07) is 19.8. The quantitative estimate of drug-likeness (QED) is 0.164. The summed E-state index contributed by atoms with van der Waals surface area (Å²) < 4.78 is 9.06. The molecule has 3 aromatic rings. The van der Waals surface area contributed by atoms with E-state index in [1.165, 1.54) is 3.57 Å². The molecule has 0 saturated carbocycles. The Morgan fingerprint density at radius 2 is 1.69 bits per heavy atom. The molecule has 1 amide bonds. The Hall–Kier alpha value is -1.65. The van der Waals surface area contributed by atoms with Gasteiger partial charge >= 0.3 is 0 Å². The molecule has 0 heterocycles. The van der Waals surface area contributed by atoms with Crippen LogP contribution in [0, 0.1) is 35.9 Å². The summed E-state index contributed by atoms with van der Waals surface area (Å²) in [5.74, 6) is 0.364. The van der Waals surface area contributed by atoms with Crippen molar-refractivity contribution in [1.29, 1.82) is 5.26 Å². The molecule has 0 aliphatic rings. The number of carbonyl (C=O) groups is 1. The smallest absolute Gasteiger partial charge is 0.266 e. The largest absolute Gasteiger partial charge is 0.487 e. The Labute approximate surface area is 228 Å². The average molecular weight is 760 g/mol. The lowest BCUT2D eigenvalue weighted by Gasteiger charge is -2.12. The number of halogens is 3. The molecular formula is C25H19I3N2O2. The number of carbonyl (C=O) groups excluding carboxylic acids is 1. The van der Waals surface area contributed by atoms with Crippen LogP contribution in [0.15, 0.2) is 60.2 Å². The lowest BCUT2D eigenvalue weighted by atomic mass is 10.1. The van der Waals surface area contributed by atoms with Crippen LogP contribution in [-0.4, -0.2) is 5.91 Å². The van der Waals surface area contributed by atoms with Crippen molar-refractivity contribution in [2.75, 3.05) is 5.32 Å². The van der Waals surface area contributed by atoms with E-state index in [1.54, 1.807) is 6.08 Å². The van der Waals surface area contributed by atoms with E-state index in [9.17, 15) is 10.1 Å². The monoisotopic (exact) mass is 760 g/mol. The number of hydrogen-bond acceptors (Lipinski definition) is 3. The highest BCUT2D eigenvalue weighted by molar-refractivity contribution is 14.1. The van der Waals surface area contributed by atoms with Crippen molar-refractivity contribution in [3.05, 3.63) is 93.1 Å². The Balaban J connectivity index is 1.77. The van der Waals surface area contributed by atoms with Crippen LogP contribution in [0.2, 0.25) is 0 Å². The van der Waals surface area contributed by atoms with Crippen LogP contribution in [0.25, 0.3) is 6.08 Å². The molecule has 1 N–H and O–H groups in total. The molecule has 162 valence electrons. The summed E-state index contributed by atoms with van der Waals surface area (Å²) in [7, 11) is 0. The van der Waals surface area contributed by atoms with Crippen molar-refractivity contribution < 1.29 is 9.53 Å². The fourth-order valence-corrected chi connectivity index (χ4v) is 5.48. The number of rotatable bonds is 6. The summed E-state index contributed by atoms with van der Waals surface area (Å²) >= 11 is 6.71. The molecule has 0 aromatic heterocycles. The molecule has 3 rings (SSSR count). The molecule has 0 fully saturated rings. The predicted molar refractivity (Wildman–Crippen MR) is 154 cm³/mol. The number of amides is 1. The fraction of sp³-hybridized carbons (Fsp3) is 0.120. The first kappa shape index (κ1) is 25.0. The van der Waals surface area contributed by atoms with Crippen molar-refractivity contribution in [2.24, 2.45) is 0 Å². The average Bonchev–Trinajstić information content (AvgIpc) is 2.74. The van der Waals surface area contributed by atoms with Gasteiger partial charge in [0.2, 0.25) is 0 Å². The molecule has 0 spiro atoms. The van der Waals surface area contributed by atoms with Crippen LogP contribution in [0.4, 0.5) is 5.69 Å². The van der Waals surface area contributed by atoms with Gasteiger partial charge in [-0.1, -0.05) is 29.8 Å². The van der Waals surface area contributed by atoms with Gasteiger partial charge < -0.3 is 10.1 Å². The first-order valence-corrected chi connectivity index (χ1v) is 12.9. The van der Waals surface area contributed by atoms with Gasteiger partial charge in [-0.3, -0.25) is 4.79 Å². The lowest BCUT2D eigenvalue weighted by molar-refractivity contribution is -0.112. The molecule has 0 atom stereocenters. The van der Waals surface area contributed by atoms with E-state index < -0.39 is 5.91 Å². The number of anilines is 1. The minimum atomic E-state index is -0.427. The van der Waals surface area contributed by atoms with Crippen LogP contribution < -0.4 is 10.1 Å². The third-order valence-electron chi connectivity index (χ3n) is 4.62. The molecular weight excluding hydrogens is 741 g/mol. The van der Waals surface area contributed by atoms with Gasteiger partial charge in [0.25, 0.3) is 5.91 Å². The Morgan fingerprint density at radius 1 is 1.03 bits per heavy atom. The third kappa shape index (κ3) is 6.68. The highest BCUT2D eigenvalue weighted by atomic mass is 127. The van der Waals surface area contributed by atoms with Crippen molar-refractivity contribution in [2.45, 2.75) is 20.5 Å². The minimum absolute atomic E-state index is 0.0455. The molecule has 32 heavy (non-hydrogen) atoms. The highest BCUT2D eigenvalue weighted by Gasteiger charge is 2.13. The summed E-state index contributed by atoms with van der Waals surface area (Å²) in [6.45, 7) is 4.40. The van der Waals surface area contributed by atoms with E-state index in [0.29, 0.717) is 12.3 Å². The van der Waals surface area contributed by atoms with Gasteiger partial charge in [0, 0.05) is 9.26 Å². The highest BCUT2D eigenvalue weighted by Crippen LogP contribution is 2.30. The van der Waals surface area contributed by atoms with Gasteiger partial charge in [-0.05, 0) is 135 Å². The third-order valence-corrected chi connectivity index (χ3v) is 6.94. The number of nitrogens with one attached hydrogen (secondary N) is 1. The molecule has 0 aliphatic carbocycles. The zero-order valence-electron chi connectivity index (χ0n) is 17.4. The maximum absolute atomic E-state index is 12.7. The second kappa shape index (κ2) is 11.5. The van der Waals surface area contributed by atoms with Gasteiger partial charge in [0.15, 0.2) is 0 Å². The van der Waals surface area contributed by atoms with Crippen LogP contribution in [-0.2, 0) is 11.4 Å². The SMILES string of the molecule is Cc1ccc(NC(=O)/C(C#N)=C/c2cc(I)c(OCc3ccc(I)cc3)c(I)c2)c(C)c1. The minimum Gasteiger partial charge on any atom is -0.487 e. The topological polar surface area (TPSA) is 62.1 Å². The standard InChI is InChI=1S/C25H19I3N2O2/c1-15-3-8-23(16(2)9-15)30-25(31)19(13-29)10-18-11-21(27)24(22(28)12-18)32-14-17-4-6-20(26)7-5-17/h3-12H,14H2,1-2H3,(H,30,31)/b19-10+. The Morgan fingerprint density at radius 3 is 2.28 bits per heavy atom. The first-order valence-electron chi connectivity index (χ1n) is 9.63. The van der Waals surface area contributed by atoms with Gasteiger partial charge in [-0.25, -0.2) is 0 Å². The molecule has 3 aromatic carbocycles. The molecule has 0 aliphatic heterocycles. The van der Waals surface area contributed by atoms with E-state index in [1.807, 2.05) is 62.4 Å². The number of nitriles is 1. The summed E-state index contributed by atoms with van der Waals surface area (Å²) in [5.41, 5.74) is 4.68. The molecule has 0 unspecified atom stereocenters. The van der Waals surface area contributed by atoms with Crippen molar-refractivity contribution in [1.82, 2.24) is 0 Å². The summed E-state index contributed by atoms with van der Waals surface area (Å²) in [4.78, 5) is 12.7. The zero-order valence-corrected chi connectivity index (χ0v) is 23.9. The van der Waals surface area contributed by atoms with Crippen LogP contribution in [0.3, 0.4) is 0 Å². The number of nitrogens with zero attached hydrogens (tertiary/aromatic N) is 1. The van der Waals surface area contributed by atoms with E-state index in [2.05, 4.69) is 85.2 Å². The van der Waals surface area contributed by atoms with Crippen LogP contribution in [0.1, 0.15) is 22.3 Å². The Kier molecular flexibility index (Phi) is 8.95. The first-order chi connectivity index (χ1) is 15.3. The molecule has 4 nitrogen and oxygen atoms in total. The van der Waals surface area contributed by atoms with E-state index in [-0.39, 0.29) is 5.57 Å². The van der Waals surface area contributed by atoms with Crippen molar-refractivity contribution >= 4 is 85.4 Å². The van der Waals surface area contributed by atoms with Crippen LogP contribution in [0.5, 0.6) is 5.75 Å². The number of benzene rings is 3. The molecule has 0 saturated heterocycles. The second-order valence-electron chi connectivity index (χ2n) is 7.17. The van der Waals surface area contributed by atoms with Crippen molar-refractivity contribution in [3.8, 4) is 11.8 Å². The Bertz CT molecular complexity index is 1210. The second-order valence-corrected chi connectivity index (χ2v) is 10.7. The summed E-state index contributed by atoms with van der Waals surface area (Å²) in [6.07, 6.45) is 1.60. The normalized spacial score (nSPS) is 11.1. The molecule has 0 radical (unpaired) electrons. The molecule has 0 bridgehead atoms. The number of aryl methyl sites for hydroxylation is 2. The van der Waals surface area contributed by atoms with E-state index in [0.717, 1.165) is 35.1 Å².